The molecule has 5 nitrogen and oxygen atoms in total. The maximum atomic E-state index is 10.9. The van der Waals surface area contributed by atoms with E-state index in [0.29, 0.717) is 5.92 Å². The van der Waals surface area contributed by atoms with Crippen LogP contribution in [-0.4, -0.2) is 27.8 Å². The Balaban J connectivity index is 1.82. The molecule has 1 atom stereocenters. The fraction of sp³-hybridized carbons (Fsp3) is 0.562. The molecule has 1 saturated carbocycles. The summed E-state index contributed by atoms with van der Waals surface area (Å²) in [7, 11) is 0. The Bertz CT molecular complexity index is 495. The van der Waals surface area contributed by atoms with Crippen molar-refractivity contribution in [2.75, 3.05) is 6.54 Å². The molecule has 0 aromatic heterocycles. The van der Waals surface area contributed by atoms with Crippen molar-refractivity contribution in [3.05, 3.63) is 23.8 Å². The van der Waals surface area contributed by atoms with Crippen molar-refractivity contribution in [2.45, 2.75) is 38.6 Å². The highest BCUT2D eigenvalue weighted by atomic mass is 16.4. The normalized spacial score (nSPS) is 23.7. The van der Waals surface area contributed by atoms with Gasteiger partial charge in [-0.3, -0.25) is 4.79 Å². The number of carbonyl (C=O) groups is 1. The van der Waals surface area contributed by atoms with Crippen LogP contribution < -0.4 is 5.32 Å². The van der Waals surface area contributed by atoms with Crippen LogP contribution in [0.2, 0.25) is 0 Å². The minimum Gasteiger partial charge on any atom is -0.508 e. The molecule has 1 unspecified atom stereocenters. The van der Waals surface area contributed by atoms with Crippen molar-refractivity contribution in [2.24, 2.45) is 11.8 Å². The number of nitrogens with one attached hydrogen (secondary N) is 1. The second-order valence-corrected chi connectivity index (χ2v) is 5.93. The third-order valence-corrected chi connectivity index (χ3v) is 4.39. The van der Waals surface area contributed by atoms with E-state index in [1.807, 2.05) is 6.92 Å². The first-order valence-corrected chi connectivity index (χ1v) is 7.45. The van der Waals surface area contributed by atoms with Crippen LogP contribution in [0.15, 0.2) is 18.2 Å². The monoisotopic (exact) mass is 293 g/mol. The number of aromatic hydroxyl groups is 2. The van der Waals surface area contributed by atoms with Crippen LogP contribution in [0, 0.1) is 11.8 Å². The molecule has 116 valence electrons. The molecule has 1 fully saturated rings. The van der Waals surface area contributed by atoms with Gasteiger partial charge in [-0.05, 0) is 51.1 Å². The standard InChI is InChI=1S/C16H23NO4/c1-10(14-7-6-13(18)8-15(14)19)17-9-11-2-4-12(5-3-11)16(20)21/h6-8,10-12,17-19H,2-5,9H2,1H3,(H,20,21). The summed E-state index contributed by atoms with van der Waals surface area (Å²) in [5, 5.41) is 31.5. The number of carboxylic acid groups (broad SMARTS) is 1. The fourth-order valence-electron chi connectivity index (χ4n) is 2.97. The molecule has 5 heteroatoms. The van der Waals surface area contributed by atoms with Gasteiger partial charge >= 0.3 is 5.97 Å². The summed E-state index contributed by atoms with van der Waals surface area (Å²) in [5.41, 5.74) is 0.757. The van der Waals surface area contributed by atoms with Gasteiger partial charge in [-0.25, -0.2) is 0 Å². The van der Waals surface area contributed by atoms with Gasteiger partial charge in [0.1, 0.15) is 11.5 Å². The lowest BCUT2D eigenvalue weighted by Gasteiger charge is -2.27. The molecule has 1 aromatic rings. The minimum atomic E-state index is -0.677. The average Bonchev–Trinajstić information content (AvgIpc) is 2.45. The van der Waals surface area contributed by atoms with Gasteiger partial charge in [0.2, 0.25) is 0 Å². The summed E-state index contributed by atoms with van der Waals surface area (Å²) in [5.74, 6) is -0.231. The summed E-state index contributed by atoms with van der Waals surface area (Å²) in [6.07, 6.45) is 3.36. The third-order valence-electron chi connectivity index (χ3n) is 4.39. The van der Waals surface area contributed by atoms with E-state index in [4.69, 9.17) is 5.11 Å². The minimum absolute atomic E-state index is 0.0113. The van der Waals surface area contributed by atoms with Gasteiger partial charge in [0, 0.05) is 17.7 Å². The van der Waals surface area contributed by atoms with Crippen LogP contribution >= 0.6 is 0 Å². The Morgan fingerprint density at radius 3 is 2.52 bits per heavy atom. The number of rotatable bonds is 5. The van der Waals surface area contributed by atoms with Crippen LogP contribution in [0.4, 0.5) is 0 Å². The topological polar surface area (TPSA) is 89.8 Å². The average molecular weight is 293 g/mol. The van der Waals surface area contributed by atoms with Crippen LogP contribution in [-0.2, 0) is 4.79 Å². The highest BCUT2D eigenvalue weighted by Gasteiger charge is 2.26. The van der Waals surface area contributed by atoms with Gasteiger partial charge in [0.05, 0.1) is 5.92 Å². The number of benzene rings is 1. The van der Waals surface area contributed by atoms with Gasteiger partial charge in [-0.2, -0.15) is 0 Å². The Labute approximate surface area is 124 Å². The number of hydrogen-bond donors (Lipinski definition) is 4. The van der Waals surface area contributed by atoms with Gasteiger partial charge in [0.15, 0.2) is 0 Å². The Morgan fingerprint density at radius 2 is 1.95 bits per heavy atom. The van der Waals surface area contributed by atoms with E-state index in [1.54, 1.807) is 12.1 Å². The van der Waals surface area contributed by atoms with E-state index in [1.165, 1.54) is 6.07 Å². The molecule has 0 heterocycles. The number of hydrogen-bond acceptors (Lipinski definition) is 4. The lowest BCUT2D eigenvalue weighted by molar-refractivity contribution is -0.143. The van der Waals surface area contributed by atoms with Gasteiger partial charge in [-0.15, -0.1) is 0 Å². The first kappa shape index (κ1) is 15.6. The van der Waals surface area contributed by atoms with E-state index >= 15 is 0 Å². The van der Waals surface area contributed by atoms with E-state index in [2.05, 4.69) is 5.32 Å². The highest BCUT2D eigenvalue weighted by molar-refractivity contribution is 5.69. The zero-order chi connectivity index (χ0) is 15.4. The number of carboxylic acids is 1. The number of aliphatic carboxylic acids is 1. The van der Waals surface area contributed by atoms with Crippen molar-refractivity contribution < 1.29 is 20.1 Å². The Hall–Kier alpha value is -1.75. The summed E-state index contributed by atoms with van der Waals surface area (Å²) in [6, 6.07) is 4.60. The second kappa shape index (κ2) is 6.80. The molecule has 1 aromatic carbocycles. The lowest BCUT2D eigenvalue weighted by Crippen LogP contribution is -2.30. The molecule has 1 aliphatic rings. The molecular weight excluding hydrogens is 270 g/mol. The smallest absolute Gasteiger partial charge is 0.306 e. The summed E-state index contributed by atoms with van der Waals surface area (Å²) in [4.78, 5) is 10.9. The van der Waals surface area contributed by atoms with Gasteiger partial charge in [-0.1, -0.05) is 6.07 Å². The van der Waals surface area contributed by atoms with Gasteiger partial charge < -0.3 is 20.6 Å². The summed E-state index contributed by atoms with van der Waals surface area (Å²) >= 11 is 0. The molecule has 0 radical (unpaired) electrons. The van der Waals surface area contributed by atoms with Crippen molar-refractivity contribution in [1.82, 2.24) is 5.32 Å². The zero-order valence-electron chi connectivity index (χ0n) is 12.2. The highest BCUT2D eigenvalue weighted by Crippen LogP contribution is 2.30. The Morgan fingerprint density at radius 1 is 1.29 bits per heavy atom. The first-order chi connectivity index (χ1) is 9.97. The van der Waals surface area contributed by atoms with E-state index in [-0.39, 0.29) is 23.5 Å². The molecule has 21 heavy (non-hydrogen) atoms. The quantitative estimate of drug-likeness (QED) is 0.670. The van der Waals surface area contributed by atoms with E-state index in [0.717, 1.165) is 37.8 Å². The zero-order valence-corrected chi connectivity index (χ0v) is 12.2. The summed E-state index contributed by atoms with van der Waals surface area (Å²) in [6.45, 7) is 2.78. The SMILES string of the molecule is CC(NCC1CCC(C(=O)O)CC1)c1ccc(O)cc1O. The first-order valence-electron chi connectivity index (χ1n) is 7.45. The van der Waals surface area contributed by atoms with Crippen molar-refractivity contribution in [1.29, 1.82) is 0 Å². The number of phenols is 2. The second-order valence-electron chi connectivity index (χ2n) is 5.93. The third kappa shape index (κ3) is 4.11. The molecular formula is C16H23NO4. The van der Waals surface area contributed by atoms with E-state index in [9.17, 15) is 15.0 Å². The predicted octanol–water partition coefficient (Wildman–Crippen LogP) is 2.64. The molecule has 4 N–H and O–H groups in total. The largest absolute Gasteiger partial charge is 0.508 e. The van der Waals surface area contributed by atoms with Crippen LogP contribution in [0.1, 0.15) is 44.2 Å². The van der Waals surface area contributed by atoms with E-state index < -0.39 is 5.97 Å². The van der Waals surface area contributed by atoms with Crippen LogP contribution in [0.3, 0.4) is 0 Å². The van der Waals surface area contributed by atoms with Gasteiger partial charge in [0.25, 0.3) is 0 Å². The maximum absolute atomic E-state index is 10.9. The lowest BCUT2D eigenvalue weighted by atomic mass is 9.82. The Kier molecular flexibility index (Phi) is 5.07. The number of phenolic OH excluding ortho intramolecular Hbond substituents is 2. The van der Waals surface area contributed by atoms with Crippen molar-refractivity contribution in [3.8, 4) is 11.5 Å². The molecule has 0 amide bonds. The summed E-state index contributed by atoms with van der Waals surface area (Å²) < 4.78 is 0. The molecule has 2 rings (SSSR count). The molecule has 1 aliphatic carbocycles. The van der Waals surface area contributed by atoms with Crippen LogP contribution in [0.5, 0.6) is 11.5 Å². The predicted molar refractivity (Wildman–Crippen MR) is 79.3 cm³/mol. The molecule has 0 spiro atoms. The van der Waals surface area contributed by atoms with Crippen LogP contribution in [0.25, 0.3) is 0 Å². The maximum Gasteiger partial charge on any atom is 0.306 e. The van der Waals surface area contributed by atoms with Crippen molar-refractivity contribution >= 4 is 5.97 Å². The molecule has 0 bridgehead atoms. The van der Waals surface area contributed by atoms with Crippen molar-refractivity contribution in [3.63, 3.8) is 0 Å². The molecule has 0 aliphatic heterocycles. The fourth-order valence-corrected chi connectivity index (χ4v) is 2.97. The molecule has 0 saturated heterocycles.